The molecule has 0 aliphatic heterocycles. The van der Waals surface area contributed by atoms with Crippen molar-refractivity contribution < 1.29 is 30.9 Å². The molecule has 27 heavy (non-hydrogen) atoms. The SMILES string of the molecule is Cc1ccsc1C=Cc1nc(-c2cc(C(F)(F)F)cc(C(F)(F)F)c2)no1. The highest BCUT2D eigenvalue weighted by Gasteiger charge is 2.37. The van der Waals surface area contributed by atoms with E-state index in [0.29, 0.717) is 12.1 Å². The van der Waals surface area contributed by atoms with Gasteiger partial charge in [0.1, 0.15) is 0 Å². The van der Waals surface area contributed by atoms with Crippen molar-refractivity contribution in [2.75, 3.05) is 0 Å². The lowest BCUT2D eigenvalue weighted by Gasteiger charge is -2.12. The van der Waals surface area contributed by atoms with E-state index < -0.39 is 29.0 Å². The van der Waals surface area contributed by atoms with Crippen LogP contribution in [0.1, 0.15) is 27.5 Å². The van der Waals surface area contributed by atoms with Crippen molar-refractivity contribution in [1.29, 1.82) is 0 Å². The monoisotopic (exact) mass is 404 g/mol. The maximum absolute atomic E-state index is 12.9. The lowest BCUT2D eigenvalue weighted by atomic mass is 10.0. The van der Waals surface area contributed by atoms with Crippen LogP contribution >= 0.6 is 11.3 Å². The number of benzene rings is 1. The van der Waals surface area contributed by atoms with Gasteiger partial charge in [0.15, 0.2) is 0 Å². The molecule has 0 aliphatic rings. The first-order valence-electron chi connectivity index (χ1n) is 7.40. The fourth-order valence-corrected chi connectivity index (χ4v) is 3.03. The van der Waals surface area contributed by atoms with Crippen molar-refractivity contribution in [2.45, 2.75) is 19.3 Å². The Morgan fingerprint density at radius 3 is 2.11 bits per heavy atom. The summed E-state index contributed by atoms with van der Waals surface area (Å²) in [6.45, 7) is 1.89. The van der Waals surface area contributed by atoms with Crippen molar-refractivity contribution >= 4 is 23.5 Å². The average molecular weight is 404 g/mol. The molecule has 0 N–H and O–H groups in total. The highest BCUT2D eigenvalue weighted by atomic mass is 32.1. The molecule has 0 unspecified atom stereocenters. The zero-order chi connectivity index (χ0) is 19.8. The van der Waals surface area contributed by atoms with Crippen LogP contribution in [0.15, 0.2) is 34.2 Å². The predicted molar refractivity (Wildman–Crippen MR) is 87.7 cm³/mol. The molecule has 1 aromatic carbocycles. The summed E-state index contributed by atoms with van der Waals surface area (Å²) in [7, 11) is 0. The zero-order valence-electron chi connectivity index (χ0n) is 13.5. The molecule has 0 radical (unpaired) electrons. The minimum atomic E-state index is -4.95. The van der Waals surface area contributed by atoms with Gasteiger partial charge in [-0.2, -0.15) is 31.3 Å². The lowest BCUT2D eigenvalue weighted by molar-refractivity contribution is -0.143. The van der Waals surface area contributed by atoms with Crippen LogP contribution in [0.3, 0.4) is 0 Å². The Hall–Kier alpha value is -2.62. The predicted octanol–water partition coefficient (Wildman–Crippen LogP) is 6.31. The molecular weight excluding hydrogens is 394 g/mol. The Kier molecular flexibility index (Phi) is 4.85. The van der Waals surface area contributed by atoms with Crippen LogP contribution in [0.2, 0.25) is 0 Å². The molecule has 0 amide bonds. The number of hydrogen-bond acceptors (Lipinski definition) is 4. The number of hydrogen-bond donors (Lipinski definition) is 0. The second kappa shape index (κ2) is 6.84. The third-order valence-electron chi connectivity index (χ3n) is 3.57. The fraction of sp³-hybridized carbons (Fsp3) is 0.176. The number of halogens is 6. The number of aryl methyl sites for hydroxylation is 1. The molecular formula is C17H10F6N2OS. The minimum absolute atomic E-state index is 0.0382. The quantitative estimate of drug-likeness (QED) is 0.480. The molecule has 0 bridgehead atoms. The van der Waals surface area contributed by atoms with Crippen molar-refractivity contribution in [3.8, 4) is 11.4 Å². The Bertz CT molecular complexity index is 952. The Labute approximate surface area is 152 Å². The molecule has 0 spiro atoms. The number of alkyl halides is 6. The molecule has 3 aromatic rings. The van der Waals surface area contributed by atoms with Gasteiger partial charge in [-0.3, -0.25) is 0 Å². The topological polar surface area (TPSA) is 38.9 Å². The molecule has 2 heterocycles. The van der Waals surface area contributed by atoms with E-state index in [2.05, 4.69) is 10.1 Å². The highest BCUT2D eigenvalue weighted by molar-refractivity contribution is 7.11. The summed E-state index contributed by atoms with van der Waals surface area (Å²) in [5.41, 5.74) is -2.32. The molecule has 3 nitrogen and oxygen atoms in total. The van der Waals surface area contributed by atoms with Gasteiger partial charge in [-0.25, -0.2) is 0 Å². The van der Waals surface area contributed by atoms with E-state index in [4.69, 9.17) is 4.52 Å². The van der Waals surface area contributed by atoms with Crippen LogP contribution < -0.4 is 0 Å². The van der Waals surface area contributed by atoms with E-state index in [9.17, 15) is 26.3 Å². The smallest absolute Gasteiger partial charge is 0.334 e. The van der Waals surface area contributed by atoms with Gasteiger partial charge in [0.25, 0.3) is 5.89 Å². The first kappa shape index (κ1) is 19.2. The van der Waals surface area contributed by atoms with Crippen molar-refractivity contribution in [1.82, 2.24) is 10.1 Å². The first-order chi connectivity index (χ1) is 12.5. The third kappa shape index (κ3) is 4.38. The van der Waals surface area contributed by atoms with Gasteiger partial charge in [-0.15, -0.1) is 11.3 Å². The van der Waals surface area contributed by atoms with Crippen molar-refractivity contribution in [3.63, 3.8) is 0 Å². The van der Waals surface area contributed by atoms with Crippen LogP contribution in [0.5, 0.6) is 0 Å². The maximum Gasteiger partial charge on any atom is 0.416 e. The van der Waals surface area contributed by atoms with Crippen LogP contribution in [0, 0.1) is 6.92 Å². The van der Waals surface area contributed by atoms with E-state index in [1.165, 1.54) is 17.4 Å². The molecule has 0 saturated heterocycles. The minimum Gasteiger partial charge on any atom is -0.334 e. The van der Waals surface area contributed by atoms with Gasteiger partial charge >= 0.3 is 12.4 Å². The first-order valence-corrected chi connectivity index (χ1v) is 8.28. The summed E-state index contributed by atoms with van der Waals surface area (Å²) in [5.74, 6) is -0.405. The van der Waals surface area contributed by atoms with Crippen molar-refractivity contribution in [2.24, 2.45) is 0 Å². The molecule has 2 aromatic heterocycles. The van der Waals surface area contributed by atoms with E-state index in [-0.39, 0.29) is 17.8 Å². The highest BCUT2D eigenvalue weighted by Crippen LogP contribution is 2.38. The Morgan fingerprint density at radius 2 is 1.59 bits per heavy atom. The molecule has 0 saturated carbocycles. The van der Waals surface area contributed by atoms with E-state index in [1.54, 1.807) is 6.08 Å². The van der Waals surface area contributed by atoms with Crippen LogP contribution in [0.25, 0.3) is 23.5 Å². The maximum atomic E-state index is 12.9. The largest absolute Gasteiger partial charge is 0.416 e. The molecule has 0 aliphatic carbocycles. The zero-order valence-corrected chi connectivity index (χ0v) is 14.3. The molecule has 0 fully saturated rings. The fourth-order valence-electron chi connectivity index (χ4n) is 2.21. The van der Waals surface area contributed by atoms with E-state index in [0.717, 1.165) is 10.4 Å². The second-order valence-electron chi connectivity index (χ2n) is 5.55. The number of thiophene rings is 1. The number of aromatic nitrogens is 2. The summed E-state index contributed by atoms with van der Waals surface area (Å²) in [6, 6.07) is 3.04. The Morgan fingerprint density at radius 1 is 0.963 bits per heavy atom. The third-order valence-corrected chi connectivity index (χ3v) is 4.55. The standard InChI is InChI=1S/C17H10F6N2OS/c1-9-4-5-27-13(9)2-3-14-24-15(25-26-14)10-6-11(16(18,19)20)8-12(7-10)17(21,22)23/h2-8H,1H3. The van der Waals surface area contributed by atoms with Crippen LogP contribution in [-0.4, -0.2) is 10.1 Å². The molecule has 0 atom stereocenters. The van der Waals surface area contributed by atoms with Crippen LogP contribution in [-0.2, 0) is 12.4 Å². The normalized spacial score (nSPS) is 12.9. The molecule has 10 heteroatoms. The summed E-state index contributed by atoms with van der Waals surface area (Å²) < 4.78 is 82.5. The van der Waals surface area contributed by atoms with Gasteiger partial charge in [-0.1, -0.05) is 5.16 Å². The van der Waals surface area contributed by atoms with Gasteiger partial charge < -0.3 is 4.52 Å². The van der Waals surface area contributed by atoms with E-state index >= 15 is 0 Å². The van der Waals surface area contributed by atoms with Gasteiger partial charge in [-0.05, 0) is 48.2 Å². The lowest BCUT2D eigenvalue weighted by Crippen LogP contribution is -2.11. The molecule has 142 valence electrons. The summed E-state index contributed by atoms with van der Waals surface area (Å²) in [5, 5.41) is 5.36. The van der Waals surface area contributed by atoms with Crippen molar-refractivity contribution in [3.05, 3.63) is 57.1 Å². The summed E-state index contributed by atoms with van der Waals surface area (Å²) in [6.07, 6.45) is -6.78. The average Bonchev–Trinajstić information content (AvgIpc) is 3.20. The van der Waals surface area contributed by atoms with Gasteiger partial charge in [0, 0.05) is 16.5 Å². The van der Waals surface area contributed by atoms with E-state index in [1.807, 2.05) is 18.4 Å². The van der Waals surface area contributed by atoms with Gasteiger partial charge in [0.2, 0.25) is 5.82 Å². The second-order valence-corrected chi connectivity index (χ2v) is 6.50. The Balaban J connectivity index is 1.98. The van der Waals surface area contributed by atoms with Crippen LogP contribution in [0.4, 0.5) is 26.3 Å². The molecule has 3 rings (SSSR count). The van der Waals surface area contributed by atoms with Gasteiger partial charge in [0.05, 0.1) is 11.1 Å². The summed E-state index contributed by atoms with van der Waals surface area (Å²) in [4.78, 5) is 4.77. The number of rotatable bonds is 3. The number of nitrogens with zero attached hydrogens (tertiary/aromatic N) is 2. The summed E-state index contributed by atoms with van der Waals surface area (Å²) >= 11 is 1.45.